The predicted molar refractivity (Wildman–Crippen MR) is 67.7 cm³/mol. The molecule has 0 saturated carbocycles. The SMILES string of the molecule is O=Cc1ccccc1-c1cccc(C(F)(F)F)c1C=O. The van der Waals surface area contributed by atoms with Gasteiger partial charge in [0.05, 0.1) is 5.56 Å². The zero-order valence-electron chi connectivity index (χ0n) is 10.1. The molecule has 0 heterocycles. The Morgan fingerprint density at radius 2 is 1.45 bits per heavy atom. The lowest BCUT2D eigenvalue weighted by Crippen LogP contribution is -2.10. The van der Waals surface area contributed by atoms with E-state index >= 15 is 0 Å². The van der Waals surface area contributed by atoms with Crippen LogP contribution in [-0.4, -0.2) is 12.6 Å². The first-order valence-corrected chi connectivity index (χ1v) is 5.69. The van der Waals surface area contributed by atoms with Crippen LogP contribution in [0.25, 0.3) is 11.1 Å². The van der Waals surface area contributed by atoms with Crippen LogP contribution in [0.4, 0.5) is 13.2 Å². The molecule has 2 aromatic carbocycles. The molecular weight excluding hydrogens is 269 g/mol. The number of halogens is 3. The van der Waals surface area contributed by atoms with Crippen LogP contribution < -0.4 is 0 Å². The van der Waals surface area contributed by atoms with Crippen LogP contribution in [0.1, 0.15) is 26.3 Å². The molecular formula is C15H9F3O2. The lowest BCUT2D eigenvalue weighted by Gasteiger charge is -2.14. The Morgan fingerprint density at radius 1 is 0.800 bits per heavy atom. The molecule has 0 aliphatic carbocycles. The van der Waals surface area contributed by atoms with E-state index in [0.717, 1.165) is 6.07 Å². The molecule has 2 nitrogen and oxygen atoms in total. The van der Waals surface area contributed by atoms with Gasteiger partial charge in [0, 0.05) is 11.1 Å². The van der Waals surface area contributed by atoms with Crippen LogP contribution in [0.15, 0.2) is 42.5 Å². The van der Waals surface area contributed by atoms with Crippen molar-refractivity contribution in [3.8, 4) is 11.1 Å². The third kappa shape index (κ3) is 2.47. The van der Waals surface area contributed by atoms with Crippen LogP contribution in [0, 0.1) is 0 Å². The van der Waals surface area contributed by atoms with Crippen molar-refractivity contribution in [3.63, 3.8) is 0 Å². The zero-order valence-corrected chi connectivity index (χ0v) is 10.1. The van der Waals surface area contributed by atoms with Gasteiger partial charge < -0.3 is 0 Å². The Balaban J connectivity index is 2.75. The van der Waals surface area contributed by atoms with Gasteiger partial charge in [0.25, 0.3) is 0 Å². The smallest absolute Gasteiger partial charge is 0.298 e. The largest absolute Gasteiger partial charge is 0.417 e. The fourth-order valence-corrected chi connectivity index (χ4v) is 2.02. The summed E-state index contributed by atoms with van der Waals surface area (Å²) >= 11 is 0. The molecule has 0 fully saturated rings. The van der Waals surface area contributed by atoms with E-state index in [1.807, 2.05) is 0 Å². The molecule has 5 heteroatoms. The summed E-state index contributed by atoms with van der Waals surface area (Å²) in [7, 11) is 0. The topological polar surface area (TPSA) is 34.1 Å². The number of rotatable bonds is 3. The molecule has 0 aromatic heterocycles. The van der Waals surface area contributed by atoms with Gasteiger partial charge >= 0.3 is 6.18 Å². The Labute approximate surface area is 112 Å². The van der Waals surface area contributed by atoms with Crippen LogP contribution in [0.3, 0.4) is 0 Å². The predicted octanol–water partition coefficient (Wildman–Crippen LogP) is 4.00. The first kappa shape index (κ1) is 14.0. The normalized spacial score (nSPS) is 11.2. The zero-order chi connectivity index (χ0) is 14.8. The van der Waals surface area contributed by atoms with Crippen molar-refractivity contribution >= 4 is 12.6 Å². The maximum Gasteiger partial charge on any atom is 0.417 e. The molecule has 0 atom stereocenters. The van der Waals surface area contributed by atoms with Gasteiger partial charge in [-0.25, -0.2) is 0 Å². The number of carbonyl (C=O) groups is 2. The molecule has 2 aromatic rings. The molecule has 0 bridgehead atoms. The second-order valence-electron chi connectivity index (χ2n) is 4.09. The van der Waals surface area contributed by atoms with Crippen molar-refractivity contribution in [3.05, 3.63) is 59.2 Å². The number of alkyl halides is 3. The van der Waals surface area contributed by atoms with E-state index in [-0.39, 0.29) is 17.4 Å². The number of aldehydes is 2. The van der Waals surface area contributed by atoms with Gasteiger partial charge in [-0.3, -0.25) is 9.59 Å². The monoisotopic (exact) mass is 278 g/mol. The fourth-order valence-electron chi connectivity index (χ4n) is 2.02. The first-order chi connectivity index (χ1) is 9.49. The summed E-state index contributed by atoms with van der Waals surface area (Å²) < 4.78 is 38.7. The van der Waals surface area contributed by atoms with Crippen LogP contribution >= 0.6 is 0 Å². The number of hydrogen-bond donors (Lipinski definition) is 0. The molecule has 0 aliphatic heterocycles. The Morgan fingerprint density at radius 3 is 2.05 bits per heavy atom. The van der Waals surface area contributed by atoms with E-state index < -0.39 is 17.3 Å². The summed E-state index contributed by atoms with van der Waals surface area (Å²) in [6.45, 7) is 0. The maximum absolute atomic E-state index is 12.9. The van der Waals surface area contributed by atoms with E-state index in [4.69, 9.17) is 0 Å². The molecule has 20 heavy (non-hydrogen) atoms. The second kappa shape index (κ2) is 5.28. The van der Waals surface area contributed by atoms with Gasteiger partial charge in [0.15, 0.2) is 12.6 Å². The summed E-state index contributed by atoms with van der Waals surface area (Å²) in [5.74, 6) is 0. The Bertz CT molecular complexity index is 660. The van der Waals surface area contributed by atoms with Gasteiger partial charge in [0.2, 0.25) is 0 Å². The Kier molecular flexibility index (Phi) is 3.70. The van der Waals surface area contributed by atoms with Crippen molar-refractivity contribution in [2.24, 2.45) is 0 Å². The van der Waals surface area contributed by atoms with Crippen molar-refractivity contribution in [2.75, 3.05) is 0 Å². The molecule has 0 radical (unpaired) electrons. The van der Waals surface area contributed by atoms with E-state index in [0.29, 0.717) is 11.8 Å². The van der Waals surface area contributed by atoms with Gasteiger partial charge in [0.1, 0.15) is 0 Å². The third-order valence-electron chi connectivity index (χ3n) is 2.91. The Hall–Kier alpha value is -2.43. The highest BCUT2D eigenvalue weighted by Gasteiger charge is 2.34. The molecule has 0 N–H and O–H groups in total. The van der Waals surface area contributed by atoms with Crippen LogP contribution in [0.2, 0.25) is 0 Å². The highest BCUT2D eigenvalue weighted by atomic mass is 19.4. The fraction of sp³-hybridized carbons (Fsp3) is 0.0667. The molecule has 102 valence electrons. The van der Waals surface area contributed by atoms with Gasteiger partial charge in [-0.2, -0.15) is 13.2 Å². The first-order valence-electron chi connectivity index (χ1n) is 5.69. The molecule has 0 saturated heterocycles. The highest BCUT2D eigenvalue weighted by Crippen LogP contribution is 2.36. The van der Waals surface area contributed by atoms with Gasteiger partial charge in [-0.05, 0) is 17.2 Å². The molecule has 2 rings (SSSR count). The molecule has 0 spiro atoms. The van der Waals surface area contributed by atoms with E-state index in [2.05, 4.69) is 0 Å². The number of carbonyl (C=O) groups excluding carboxylic acids is 2. The molecule has 0 amide bonds. The summed E-state index contributed by atoms with van der Waals surface area (Å²) in [4.78, 5) is 22.1. The summed E-state index contributed by atoms with van der Waals surface area (Å²) in [6.07, 6.45) is -3.91. The van der Waals surface area contributed by atoms with E-state index in [1.54, 1.807) is 12.1 Å². The molecule has 0 unspecified atom stereocenters. The lowest BCUT2D eigenvalue weighted by atomic mass is 9.93. The summed E-state index contributed by atoms with van der Waals surface area (Å²) in [5.41, 5.74) is -0.844. The average Bonchev–Trinajstić information content (AvgIpc) is 2.45. The minimum atomic E-state index is -4.62. The minimum absolute atomic E-state index is 0.0949. The third-order valence-corrected chi connectivity index (χ3v) is 2.91. The van der Waals surface area contributed by atoms with Crippen molar-refractivity contribution in [2.45, 2.75) is 6.18 Å². The van der Waals surface area contributed by atoms with E-state index in [1.165, 1.54) is 24.3 Å². The lowest BCUT2D eigenvalue weighted by molar-refractivity contribution is -0.137. The van der Waals surface area contributed by atoms with Crippen LogP contribution in [-0.2, 0) is 6.18 Å². The quantitative estimate of drug-likeness (QED) is 0.795. The van der Waals surface area contributed by atoms with Crippen molar-refractivity contribution in [1.29, 1.82) is 0 Å². The number of hydrogen-bond acceptors (Lipinski definition) is 2. The van der Waals surface area contributed by atoms with Crippen molar-refractivity contribution in [1.82, 2.24) is 0 Å². The maximum atomic E-state index is 12.9. The average molecular weight is 278 g/mol. The minimum Gasteiger partial charge on any atom is -0.298 e. The standard InChI is InChI=1S/C15H9F3O2/c16-15(17,18)14-7-3-6-12(13(14)9-20)11-5-2-1-4-10(11)8-19/h1-9H. The van der Waals surface area contributed by atoms with Gasteiger partial charge in [-0.15, -0.1) is 0 Å². The van der Waals surface area contributed by atoms with Gasteiger partial charge in [-0.1, -0.05) is 36.4 Å². The summed E-state index contributed by atoms with van der Waals surface area (Å²) in [6, 6.07) is 9.63. The number of benzene rings is 2. The second-order valence-corrected chi connectivity index (χ2v) is 4.09. The summed E-state index contributed by atoms with van der Waals surface area (Å²) in [5, 5.41) is 0. The van der Waals surface area contributed by atoms with E-state index in [9.17, 15) is 22.8 Å². The van der Waals surface area contributed by atoms with Crippen molar-refractivity contribution < 1.29 is 22.8 Å². The van der Waals surface area contributed by atoms with Crippen LogP contribution in [0.5, 0.6) is 0 Å². The highest BCUT2D eigenvalue weighted by molar-refractivity contribution is 5.95. The molecule has 0 aliphatic rings.